The van der Waals surface area contributed by atoms with Crippen LogP contribution in [0.2, 0.25) is 0 Å². The van der Waals surface area contributed by atoms with Crippen molar-refractivity contribution in [3.8, 4) is 0 Å². The molecule has 1 rings (SSSR count). The number of hydrogen-bond acceptors (Lipinski definition) is 4. The van der Waals surface area contributed by atoms with E-state index >= 15 is 0 Å². The predicted octanol–water partition coefficient (Wildman–Crippen LogP) is 0.265. The summed E-state index contributed by atoms with van der Waals surface area (Å²) >= 11 is 0. The molecule has 0 saturated carbocycles. The summed E-state index contributed by atoms with van der Waals surface area (Å²) in [6, 6.07) is 5.00. The highest BCUT2D eigenvalue weighted by Crippen LogP contribution is 2.22. The van der Waals surface area contributed by atoms with Gasteiger partial charge in [0.25, 0.3) is 0 Å². The summed E-state index contributed by atoms with van der Waals surface area (Å²) in [7, 11) is -3.60. The number of rotatable bonds is 4. The lowest BCUT2D eigenvalue weighted by molar-refractivity contribution is 0.138. The maximum Gasteiger partial charge on any atom is 0.155 e. The maximum atomic E-state index is 12.9. The molecule has 4 nitrogen and oxygen atoms in total. The number of halogens is 1. The third-order valence-electron chi connectivity index (χ3n) is 2.27. The molecule has 0 aliphatic heterocycles. The van der Waals surface area contributed by atoms with Gasteiger partial charge in [0.15, 0.2) is 9.84 Å². The summed E-state index contributed by atoms with van der Waals surface area (Å²) in [4.78, 5) is 0. The summed E-state index contributed by atoms with van der Waals surface area (Å²) in [6.07, 6.45) is -0.521. The molecule has 6 heteroatoms. The molecular formula is C10H13FO4S. The molecule has 0 unspecified atom stereocenters. The van der Waals surface area contributed by atoms with Crippen molar-refractivity contribution in [1.82, 2.24) is 0 Å². The fourth-order valence-corrected chi connectivity index (χ4v) is 2.27. The van der Waals surface area contributed by atoms with Crippen molar-refractivity contribution in [2.24, 2.45) is 0 Å². The first-order chi connectivity index (χ1) is 7.36. The van der Waals surface area contributed by atoms with Gasteiger partial charge in [-0.1, -0.05) is 12.1 Å². The van der Waals surface area contributed by atoms with Gasteiger partial charge in [-0.25, -0.2) is 12.8 Å². The van der Waals surface area contributed by atoms with E-state index in [1.165, 1.54) is 18.2 Å². The molecule has 0 aliphatic carbocycles. The van der Waals surface area contributed by atoms with Crippen molar-refractivity contribution in [3.63, 3.8) is 0 Å². The van der Waals surface area contributed by atoms with Crippen LogP contribution in [0.3, 0.4) is 0 Å². The number of aliphatic hydroxyl groups excluding tert-OH is 2. The normalized spacial score (nSPS) is 15.8. The van der Waals surface area contributed by atoms with Gasteiger partial charge in [0.1, 0.15) is 11.1 Å². The molecule has 0 amide bonds. The maximum absolute atomic E-state index is 12.9. The summed E-state index contributed by atoms with van der Waals surface area (Å²) in [5.74, 6) is -0.568. The van der Waals surface area contributed by atoms with Gasteiger partial charge in [-0.05, 0) is 17.7 Å². The summed E-state index contributed by atoms with van der Waals surface area (Å²) < 4.78 is 35.4. The number of sulfone groups is 1. The van der Waals surface area contributed by atoms with E-state index in [-0.39, 0.29) is 5.56 Å². The quantitative estimate of drug-likeness (QED) is 0.801. The van der Waals surface area contributed by atoms with Crippen LogP contribution in [0.15, 0.2) is 24.3 Å². The van der Waals surface area contributed by atoms with Crippen molar-refractivity contribution in [1.29, 1.82) is 0 Å². The molecule has 90 valence electrons. The summed E-state index contributed by atoms with van der Waals surface area (Å²) in [5, 5.41) is 17.3. The summed E-state index contributed by atoms with van der Waals surface area (Å²) in [6.45, 7) is -0.712. The van der Waals surface area contributed by atoms with Crippen LogP contribution in [0.1, 0.15) is 11.7 Å². The minimum Gasteiger partial charge on any atom is -0.395 e. The highest BCUT2D eigenvalue weighted by molar-refractivity contribution is 7.91. The lowest BCUT2D eigenvalue weighted by Crippen LogP contribution is -2.31. The van der Waals surface area contributed by atoms with E-state index in [9.17, 15) is 17.9 Å². The molecule has 1 aromatic rings. The Morgan fingerprint density at radius 1 is 1.44 bits per heavy atom. The monoisotopic (exact) mass is 248 g/mol. The van der Waals surface area contributed by atoms with Gasteiger partial charge in [-0.15, -0.1) is 0 Å². The molecule has 0 radical (unpaired) electrons. The zero-order valence-electron chi connectivity index (χ0n) is 8.67. The van der Waals surface area contributed by atoms with Crippen LogP contribution in [0, 0.1) is 5.82 Å². The Kier molecular flexibility index (Phi) is 4.01. The number of hydrogen-bond donors (Lipinski definition) is 2. The molecule has 0 saturated heterocycles. The highest BCUT2D eigenvalue weighted by atomic mass is 32.2. The van der Waals surface area contributed by atoms with Gasteiger partial charge in [0.2, 0.25) is 0 Å². The van der Waals surface area contributed by atoms with E-state index in [1.54, 1.807) is 0 Å². The Hall–Kier alpha value is -0.980. The first kappa shape index (κ1) is 13.1. The third-order valence-corrected chi connectivity index (χ3v) is 3.78. The lowest BCUT2D eigenvalue weighted by Gasteiger charge is -2.19. The van der Waals surface area contributed by atoms with Crippen molar-refractivity contribution < 1.29 is 23.0 Å². The van der Waals surface area contributed by atoms with Gasteiger partial charge >= 0.3 is 0 Å². The number of benzene rings is 1. The Bertz CT molecular complexity index is 458. The van der Waals surface area contributed by atoms with Crippen LogP contribution in [-0.4, -0.2) is 36.7 Å². The molecule has 0 spiro atoms. The van der Waals surface area contributed by atoms with E-state index in [2.05, 4.69) is 0 Å². The molecule has 2 N–H and O–H groups in total. The average molecular weight is 248 g/mol. The van der Waals surface area contributed by atoms with E-state index in [1.807, 2.05) is 0 Å². The minimum atomic E-state index is -3.60. The molecule has 0 heterocycles. The van der Waals surface area contributed by atoms with E-state index in [0.29, 0.717) is 0 Å². The van der Waals surface area contributed by atoms with Crippen molar-refractivity contribution >= 4 is 9.84 Å². The first-order valence-corrected chi connectivity index (χ1v) is 6.55. The molecule has 0 fully saturated rings. The molecule has 2 atom stereocenters. The molecule has 16 heavy (non-hydrogen) atoms. The molecule has 0 bridgehead atoms. The van der Waals surface area contributed by atoms with Crippen molar-refractivity contribution in [2.45, 2.75) is 11.4 Å². The lowest BCUT2D eigenvalue weighted by atomic mass is 10.1. The van der Waals surface area contributed by atoms with E-state index < -0.39 is 33.6 Å². The van der Waals surface area contributed by atoms with Crippen LogP contribution >= 0.6 is 0 Å². The number of aliphatic hydroxyl groups is 2. The van der Waals surface area contributed by atoms with Gasteiger partial charge in [-0.3, -0.25) is 0 Å². The summed E-state index contributed by atoms with van der Waals surface area (Å²) in [5.41, 5.74) is 0.129. The molecule has 0 aliphatic rings. The second-order valence-electron chi connectivity index (χ2n) is 3.55. The Labute approximate surface area is 93.3 Å². The standard InChI is InChI=1S/C10H13FO4S/c1-16(14,15)9(6-12)10(13)7-3-2-4-8(11)5-7/h2-5,9-10,12-13H,6H2,1H3/t9-,10+/m1/s1. The minimum absolute atomic E-state index is 0.129. The zero-order chi connectivity index (χ0) is 12.3. The van der Waals surface area contributed by atoms with Gasteiger partial charge in [0, 0.05) is 6.26 Å². The molecular weight excluding hydrogens is 235 g/mol. The van der Waals surface area contributed by atoms with Crippen molar-refractivity contribution in [3.05, 3.63) is 35.6 Å². The van der Waals surface area contributed by atoms with Crippen LogP contribution in [-0.2, 0) is 9.84 Å². The van der Waals surface area contributed by atoms with Gasteiger partial charge in [-0.2, -0.15) is 0 Å². The Balaban J connectivity index is 3.05. The van der Waals surface area contributed by atoms with Crippen molar-refractivity contribution in [2.75, 3.05) is 12.9 Å². The van der Waals surface area contributed by atoms with Crippen LogP contribution < -0.4 is 0 Å². The fraction of sp³-hybridized carbons (Fsp3) is 0.400. The van der Waals surface area contributed by atoms with Gasteiger partial charge in [0.05, 0.1) is 12.7 Å². The van der Waals surface area contributed by atoms with Crippen LogP contribution in [0.5, 0.6) is 0 Å². The SMILES string of the molecule is CS(=O)(=O)[C@H](CO)[C@@H](O)c1cccc(F)c1. The zero-order valence-corrected chi connectivity index (χ0v) is 9.48. The smallest absolute Gasteiger partial charge is 0.155 e. The highest BCUT2D eigenvalue weighted by Gasteiger charge is 2.29. The topological polar surface area (TPSA) is 74.6 Å². The first-order valence-electron chi connectivity index (χ1n) is 4.59. The van der Waals surface area contributed by atoms with E-state index in [4.69, 9.17) is 5.11 Å². The Morgan fingerprint density at radius 2 is 2.06 bits per heavy atom. The Morgan fingerprint density at radius 3 is 2.50 bits per heavy atom. The average Bonchev–Trinajstić information content (AvgIpc) is 2.16. The van der Waals surface area contributed by atoms with E-state index in [0.717, 1.165) is 12.3 Å². The molecule has 1 aromatic carbocycles. The largest absolute Gasteiger partial charge is 0.395 e. The van der Waals surface area contributed by atoms with Crippen LogP contribution in [0.4, 0.5) is 4.39 Å². The fourth-order valence-electron chi connectivity index (χ4n) is 1.37. The van der Waals surface area contributed by atoms with Gasteiger partial charge < -0.3 is 10.2 Å². The second kappa shape index (κ2) is 4.90. The third kappa shape index (κ3) is 3.01. The molecule has 0 aromatic heterocycles. The predicted molar refractivity (Wildman–Crippen MR) is 57.1 cm³/mol. The van der Waals surface area contributed by atoms with Crippen LogP contribution in [0.25, 0.3) is 0 Å². The second-order valence-corrected chi connectivity index (χ2v) is 5.81.